The smallest absolute Gasteiger partial charge is 0.244 e. The summed E-state index contributed by atoms with van der Waals surface area (Å²) in [6.07, 6.45) is 1.34. The van der Waals surface area contributed by atoms with E-state index < -0.39 is 22.9 Å². The number of halogens is 1. The molecule has 1 N–H and O–H groups in total. The third-order valence-corrected chi connectivity index (χ3v) is 5.08. The van der Waals surface area contributed by atoms with E-state index in [4.69, 9.17) is 4.74 Å². The fraction of sp³-hybridized carbons (Fsp3) is 0.120. The Kier molecular flexibility index (Phi) is 5.99. The second kappa shape index (κ2) is 9.04. The maximum Gasteiger partial charge on any atom is 0.244 e. The number of ketones is 1. The predicted octanol–water partition coefficient (Wildman–Crippen LogP) is 3.72. The number of benzene rings is 2. The topological polar surface area (TPSA) is 90.3 Å². The number of nitrogens with zero attached hydrogens (tertiary/aromatic N) is 2. The van der Waals surface area contributed by atoms with Crippen LogP contribution in [-0.2, 0) is 11.3 Å². The van der Waals surface area contributed by atoms with Gasteiger partial charge in [-0.15, -0.1) is 0 Å². The summed E-state index contributed by atoms with van der Waals surface area (Å²) in [6.45, 7) is 1.53. The first-order valence-electron chi connectivity index (χ1n) is 10.1. The number of ether oxygens (including phenoxy) is 1. The van der Waals surface area contributed by atoms with Crippen LogP contribution >= 0.6 is 0 Å². The number of anilines is 1. The second-order valence-corrected chi connectivity index (χ2v) is 7.44. The van der Waals surface area contributed by atoms with Crippen molar-refractivity contribution in [1.82, 2.24) is 9.55 Å². The van der Waals surface area contributed by atoms with Crippen molar-refractivity contribution in [3.8, 4) is 5.75 Å². The number of hydrogen-bond acceptors (Lipinski definition) is 5. The molecule has 0 fully saturated rings. The van der Waals surface area contributed by atoms with Crippen molar-refractivity contribution in [2.45, 2.75) is 13.5 Å². The van der Waals surface area contributed by atoms with Crippen LogP contribution in [-0.4, -0.2) is 28.4 Å². The molecule has 0 aliphatic rings. The van der Waals surface area contributed by atoms with Crippen LogP contribution in [0, 0.1) is 12.7 Å². The van der Waals surface area contributed by atoms with Gasteiger partial charge in [-0.3, -0.25) is 14.4 Å². The first kappa shape index (κ1) is 21.9. The molecule has 2 aromatic heterocycles. The number of aromatic nitrogens is 2. The Hall–Kier alpha value is -4.33. The van der Waals surface area contributed by atoms with E-state index in [-0.39, 0.29) is 23.1 Å². The molecule has 0 saturated carbocycles. The van der Waals surface area contributed by atoms with Crippen LogP contribution in [0.15, 0.2) is 71.7 Å². The third kappa shape index (κ3) is 4.64. The number of aryl methyl sites for hydroxylation is 1. The molecule has 0 radical (unpaired) electrons. The van der Waals surface area contributed by atoms with E-state index >= 15 is 0 Å². The number of carbonyl (C=O) groups is 2. The van der Waals surface area contributed by atoms with Crippen molar-refractivity contribution in [1.29, 1.82) is 0 Å². The van der Waals surface area contributed by atoms with Gasteiger partial charge in [0.15, 0.2) is 5.78 Å². The van der Waals surface area contributed by atoms with Crippen molar-refractivity contribution in [2.75, 3.05) is 12.4 Å². The van der Waals surface area contributed by atoms with Gasteiger partial charge in [0.25, 0.3) is 0 Å². The molecular formula is C25H20FN3O4. The largest absolute Gasteiger partial charge is 0.497 e. The summed E-state index contributed by atoms with van der Waals surface area (Å²) >= 11 is 0. The molecule has 0 unspecified atom stereocenters. The molecule has 0 aliphatic carbocycles. The number of amides is 1. The van der Waals surface area contributed by atoms with Crippen LogP contribution in [0.2, 0.25) is 0 Å². The van der Waals surface area contributed by atoms with E-state index in [9.17, 15) is 18.8 Å². The van der Waals surface area contributed by atoms with Gasteiger partial charge in [0, 0.05) is 23.1 Å². The van der Waals surface area contributed by atoms with Crippen molar-refractivity contribution in [3.05, 3.63) is 99.7 Å². The zero-order valence-corrected chi connectivity index (χ0v) is 18.0. The van der Waals surface area contributed by atoms with Crippen LogP contribution in [0.1, 0.15) is 21.6 Å². The Balaban J connectivity index is 1.75. The summed E-state index contributed by atoms with van der Waals surface area (Å²) in [4.78, 5) is 43.3. The van der Waals surface area contributed by atoms with Crippen LogP contribution in [0.3, 0.4) is 0 Å². The molecular weight excluding hydrogens is 425 g/mol. The Labute approximate surface area is 188 Å². The third-order valence-electron chi connectivity index (χ3n) is 5.08. The van der Waals surface area contributed by atoms with Crippen LogP contribution in [0.5, 0.6) is 5.75 Å². The molecule has 0 saturated heterocycles. The normalized spacial score (nSPS) is 10.8. The van der Waals surface area contributed by atoms with E-state index in [1.54, 1.807) is 49.4 Å². The molecule has 7 nitrogen and oxygen atoms in total. The van der Waals surface area contributed by atoms with Crippen molar-refractivity contribution < 1.29 is 18.7 Å². The minimum absolute atomic E-state index is 0.0862. The minimum Gasteiger partial charge on any atom is -0.497 e. The highest BCUT2D eigenvalue weighted by Crippen LogP contribution is 2.17. The minimum atomic E-state index is -0.482. The summed E-state index contributed by atoms with van der Waals surface area (Å²) in [7, 11) is 1.52. The Morgan fingerprint density at radius 1 is 1.09 bits per heavy atom. The lowest BCUT2D eigenvalue weighted by molar-refractivity contribution is -0.116. The van der Waals surface area contributed by atoms with Crippen LogP contribution in [0.25, 0.3) is 11.0 Å². The van der Waals surface area contributed by atoms with Gasteiger partial charge in [0.05, 0.1) is 18.1 Å². The summed E-state index contributed by atoms with van der Waals surface area (Å²) < 4.78 is 20.0. The van der Waals surface area contributed by atoms with Crippen LogP contribution in [0.4, 0.5) is 10.1 Å². The zero-order chi connectivity index (χ0) is 23.5. The fourth-order valence-corrected chi connectivity index (χ4v) is 3.46. The van der Waals surface area contributed by atoms with Gasteiger partial charge in [-0.2, -0.15) is 0 Å². The average molecular weight is 445 g/mol. The first-order valence-corrected chi connectivity index (χ1v) is 10.1. The predicted molar refractivity (Wildman–Crippen MR) is 122 cm³/mol. The van der Waals surface area contributed by atoms with E-state index in [2.05, 4.69) is 10.3 Å². The molecule has 33 heavy (non-hydrogen) atoms. The number of pyridine rings is 2. The number of carbonyl (C=O) groups excluding carboxylic acids is 2. The standard InChI is InChI=1S/C25H20FN3O4/c1-15-6-11-20-24(32)21(23(31)16-7-9-19(33-2)10-8-16)13-29(25(20)27-15)14-22(30)28-18-5-3-4-17(26)12-18/h3-13H,14H2,1-2H3,(H,28,30). The van der Waals surface area contributed by atoms with Gasteiger partial charge in [0.2, 0.25) is 11.3 Å². The van der Waals surface area contributed by atoms with E-state index in [0.29, 0.717) is 22.7 Å². The molecule has 1 amide bonds. The number of fused-ring (bicyclic) bond motifs is 1. The number of nitrogens with one attached hydrogen (secondary N) is 1. The molecule has 0 atom stereocenters. The second-order valence-electron chi connectivity index (χ2n) is 7.44. The van der Waals surface area contributed by atoms with Crippen LogP contribution < -0.4 is 15.5 Å². The maximum absolute atomic E-state index is 13.4. The van der Waals surface area contributed by atoms with E-state index in [0.717, 1.165) is 0 Å². The molecule has 0 spiro atoms. The molecule has 0 bridgehead atoms. The van der Waals surface area contributed by atoms with Crippen molar-refractivity contribution in [3.63, 3.8) is 0 Å². The molecule has 166 valence electrons. The average Bonchev–Trinajstić information content (AvgIpc) is 2.80. The van der Waals surface area contributed by atoms with Crippen molar-refractivity contribution in [2.24, 2.45) is 0 Å². The Bertz CT molecular complexity index is 1430. The Morgan fingerprint density at radius 2 is 1.85 bits per heavy atom. The van der Waals surface area contributed by atoms with Gasteiger partial charge in [0.1, 0.15) is 23.8 Å². The highest BCUT2D eigenvalue weighted by Gasteiger charge is 2.19. The van der Waals surface area contributed by atoms with Gasteiger partial charge in [-0.1, -0.05) is 6.07 Å². The monoisotopic (exact) mass is 445 g/mol. The first-order chi connectivity index (χ1) is 15.9. The summed E-state index contributed by atoms with van der Waals surface area (Å²) in [5.74, 6) is -0.844. The fourth-order valence-electron chi connectivity index (χ4n) is 3.46. The lowest BCUT2D eigenvalue weighted by Gasteiger charge is -2.13. The number of rotatable bonds is 6. The van der Waals surface area contributed by atoms with E-state index in [1.165, 1.54) is 36.1 Å². The molecule has 8 heteroatoms. The molecule has 4 aromatic rings. The maximum atomic E-state index is 13.4. The van der Waals surface area contributed by atoms with Gasteiger partial charge < -0.3 is 14.6 Å². The highest BCUT2D eigenvalue weighted by molar-refractivity contribution is 6.10. The number of methoxy groups -OCH3 is 1. The summed E-state index contributed by atoms with van der Waals surface area (Å²) in [6, 6.07) is 15.2. The molecule has 2 heterocycles. The van der Waals surface area contributed by atoms with Crippen molar-refractivity contribution >= 4 is 28.4 Å². The molecule has 0 aliphatic heterocycles. The zero-order valence-electron chi connectivity index (χ0n) is 18.0. The van der Waals surface area contributed by atoms with E-state index in [1.807, 2.05) is 0 Å². The number of hydrogen-bond donors (Lipinski definition) is 1. The van der Waals surface area contributed by atoms with Gasteiger partial charge in [-0.25, -0.2) is 9.37 Å². The highest BCUT2D eigenvalue weighted by atomic mass is 19.1. The summed E-state index contributed by atoms with van der Waals surface area (Å²) in [5.41, 5.74) is 0.972. The van der Waals surface area contributed by atoms with Gasteiger partial charge >= 0.3 is 0 Å². The van der Waals surface area contributed by atoms with Gasteiger partial charge in [-0.05, 0) is 61.5 Å². The Morgan fingerprint density at radius 3 is 2.55 bits per heavy atom. The SMILES string of the molecule is COc1ccc(C(=O)c2cn(CC(=O)Nc3cccc(F)c3)c3nc(C)ccc3c2=O)cc1. The quantitative estimate of drug-likeness (QED) is 0.457. The molecule has 4 rings (SSSR count). The molecule has 2 aromatic carbocycles. The lowest BCUT2D eigenvalue weighted by atomic mass is 10.0. The summed E-state index contributed by atoms with van der Waals surface area (Å²) in [5, 5.41) is 2.83. The lowest BCUT2D eigenvalue weighted by Crippen LogP contribution is -2.25.